The van der Waals surface area contributed by atoms with Crippen molar-refractivity contribution in [2.45, 2.75) is 38.6 Å². The van der Waals surface area contributed by atoms with Gasteiger partial charge >= 0.3 is 0 Å². The van der Waals surface area contributed by atoms with Crippen LogP contribution in [0.2, 0.25) is 0 Å². The topological polar surface area (TPSA) is 3.24 Å². The first-order chi connectivity index (χ1) is 4.74. The molecule has 1 heteroatoms. The fourth-order valence-electron chi connectivity index (χ4n) is 1.89. The molecule has 1 nitrogen and oxygen atoms in total. The van der Waals surface area contributed by atoms with Crippen LogP contribution in [-0.2, 0) is 0 Å². The Labute approximate surface area is 64.4 Å². The second-order valence-electron chi connectivity index (χ2n) is 3.70. The highest BCUT2D eigenvalue weighted by atomic mass is 15.1. The van der Waals surface area contributed by atoms with E-state index in [0.717, 1.165) is 12.0 Å². The third-order valence-electron chi connectivity index (χ3n) is 2.82. The zero-order valence-electron chi connectivity index (χ0n) is 7.43. The summed E-state index contributed by atoms with van der Waals surface area (Å²) in [7, 11) is 4.39. The molecule has 0 aliphatic heterocycles. The molecular formula is C9H19N. The van der Waals surface area contributed by atoms with Crippen LogP contribution in [0.5, 0.6) is 0 Å². The lowest BCUT2D eigenvalue weighted by atomic mass is 10.1. The number of hydrogen-bond acceptors (Lipinski definition) is 1. The van der Waals surface area contributed by atoms with E-state index in [0.29, 0.717) is 0 Å². The number of rotatable bonds is 2. The van der Waals surface area contributed by atoms with Gasteiger partial charge in [-0.2, -0.15) is 0 Å². The quantitative estimate of drug-likeness (QED) is 0.569. The van der Waals surface area contributed by atoms with E-state index < -0.39 is 0 Å². The normalized spacial score (nSPS) is 33.6. The fourth-order valence-corrected chi connectivity index (χ4v) is 1.89. The molecule has 60 valence electrons. The first-order valence-corrected chi connectivity index (χ1v) is 4.40. The third kappa shape index (κ3) is 1.72. The Kier molecular flexibility index (Phi) is 2.72. The third-order valence-corrected chi connectivity index (χ3v) is 2.82. The van der Waals surface area contributed by atoms with Crippen molar-refractivity contribution in [2.75, 3.05) is 14.1 Å². The Balaban J connectivity index is 2.28. The van der Waals surface area contributed by atoms with Gasteiger partial charge in [0.05, 0.1) is 0 Å². The summed E-state index contributed by atoms with van der Waals surface area (Å²) in [5.74, 6) is 1.02. The highest BCUT2D eigenvalue weighted by Crippen LogP contribution is 2.29. The van der Waals surface area contributed by atoms with Gasteiger partial charge in [0.1, 0.15) is 0 Å². The van der Waals surface area contributed by atoms with Crippen molar-refractivity contribution in [3.05, 3.63) is 0 Å². The lowest BCUT2D eigenvalue weighted by Gasteiger charge is -2.18. The van der Waals surface area contributed by atoms with Gasteiger partial charge in [-0.3, -0.25) is 0 Å². The van der Waals surface area contributed by atoms with Gasteiger partial charge in [-0.25, -0.2) is 0 Å². The highest BCUT2D eigenvalue weighted by Gasteiger charge is 2.24. The maximum atomic E-state index is 2.37. The summed E-state index contributed by atoms with van der Waals surface area (Å²) >= 11 is 0. The van der Waals surface area contributed by atoms with Gasteiger partial charge in [-0.1, -0.05) is 13.3 Å². The molecule has 1 aliphatic carbocycles. The molecule has 0 radical (unpaired) electrons. The zero-order valence-corrected chi connectivity index (χ0v) is 7.43. The van der Waals surface area contributed by atoms with Gasteiger partial charge in [0.25, 0.3) is 0 Å². The Morgan fingerprint density at radius 3 is 2.30 bits per heavy atom. The fraction of sp³-hybridized carbons (Fsp3) is 1.00. The van der Waals surface area contributed by atoms with Crippen LogP contribution >= 0.6 is 0 Å². The number of nitrogens with zero attached hydrogens (tertiary/aromatic N) is 1. The molecule has 0 unspecified atom stereocenters. The van der Waals surface area contributed by atoms with E-state index in [1.165, 1.54) is 25.7 Å². The van der Waals surface area contributed by atoms with Gasteiger partial charge in [-0.15, -0.1) is 0 Å². The zero-order chi connectivity index (χ0) is 7.56. The number of hydrogen-bond donors (Lipinski definition) is 0. The summed E-state index contributed by atoms with van der Waals surface area (Å²) in [6, 6.07) is 0.880. The Morgan fingerprint density at radius 1 is 1.30 bits per heavy atom. The summed E-state index contributed by atoms with van der Waals surface area (Å²) in [4.78, 5) is 2.37. The van der Waals surface area contributed by atoms with Crippen LogP contribution in [0.3, 0.4) is 0 Å². The average molecular weight is 141 g/mol. The lowest BCUT2D eigenvalue weighted by Crippen LogP contribution is -2.24. The average Bonchev–Trinajstić information content (AvgIpc) is 2.34. The molecule has 0 aromatic heterocycles. The molecule has 0 bridgehead atoms. The van der Waals surface area contributed by atoms with Gasteiger partial charge in [0.2, 0.25) is 0 Å². The van der Waals surface area contributed by atoms with Gasteiger partial charge in [0, 0.05) is 6.04 Å². The first kappa shape index (κ1) is 8.06. The first-order valence-electron chi connectivity index (χ1n) is 4.40. The van der Waals surface area contributed by atoms with Crippen molar-refractivity contribution in [2.24, 2.45) is 5.92 Å². The summed E-state index contributed by atoms with van der Waals surface area (Å²) in [6.07, 6.45) is 5.69. The van der Waals surface area contributed by atoms with Crippen LogP contribution in [0.15, 0.2) is 0 Å². The second-order valence-corrected chi connectivity index (χ2v) is 3.70. The Hall–Kier alpha value is -0.0400. The van der Waals surface area contributed by atoms with Crippen LogP contribution in [0.4, 0.5) is 0 Å². The van der Waals surface area contributed by atoms with Crippen LogP contribution in [-0.4, -0.2) is 25.0 Å². The molecule has 1 rings (SSSR count). The van der Waals surface area contributed by atoms with E-state index in [9.17, 15) is 0 Å². The Morgan fingerprint density at radius 2 is 2.00 bits per heavy atom. The summed E-state index contributed by atoms with van der Waals surface area (Å²) in [6.45, 7) is 2.31. The molecule has 0 amide bonds. The van der Waals surface area contributed by atoms with Crippen molar-refractivity contribution in [1.82, 2.24) is 4.90 Å². The molecule has 0 saturated heterocycles. The minimum atomic E-state index is 0.880. The highest BCUT2D eigenvalue weighted by molar-refractivity contribution is 4.79. The molecule has 0 spiro atoms. The van der Waals surface area contributed by atoms with Gasteiger partial charge in [0.15, 0.2) is 0 Å². The van der Waals surface area contributed by atoms with Crippen LogP contribution < -0.4 is 0 Å². The van der Waals surface area contributed by atoms with E-state index in [1.54, 1.807) is 0 Å². The maximum absolute atomic E-state index is 2.37. The minimum Gasteiger partial charge on any atom is -0.306 e. The summed E-state index contributed by atoms with van der Waals surface area (Å²) in [5.41, 5.74) is 0. The molecule has 0 aromatic carbocycles. The summed E-state index contributed by atoms with van der Waals surface area (Å²) < 4.78 is 0. The predicted molar refractivity (Wildman–Crippen MR) is 45.1 cm³/mol. The van der Waals surface area contributed by atoms with Crippen molar-refractivity contribution in [3.63, 3.8) is 0 Å². The molecule has 0 aromatic rings. The lowest BCUT2D eigenvalue weighted by molar-refractivity contribution is 0.290. The molecule has 1 saturated carbocycles. The van der Waals surface area contributed by atoms with Crippen LogP contribution in [0, 0.1) is 5.92 Å². The van der Waals surface area contributed by atoms with Gasteiger partial charge < -0.3 is 4.90 Å². The van der Waals surface area contributed by atoms with Gasteiger partial charge in [-0.05, 0) is 39.3 Å². The largest absolute Gasteiger partial charge is 0.306 e. The summed E-state index contributed by atoms with van der Waals surface area (Å²) in [5, 5.41) is 0. The monoisotopic (exact) mass is 141 g/mol. The molecule has 1 aliphatic rings. The molecule has 1 fully saturated rings. The smallest absolute Gasteiger partial charge is 0.00919 e. The predicted octanol–water partition coefficient (Wildman–Crippen LogP) is 2.13. The van der Waals surface area contributed by atoms with Crippen molar-refractivity contribution >= 4 is 0 Å². The Bertz CT molecular complexity index is 98.9. The second kappa shape index (κ2) is 3.38. The van der Waals surface area contributed by atoms with Crippen LogP contribution in [0.25, 0.3) is 0 Å². The van der Waals surface area contributed by atoms with E-state index in [1.807, 2.05) is 0 Å². The maximum Gasteiger partial charge on any atom is 0.00919 e. The molecule has 2 atom stereocenters. The van der Waals surface area contributed by atoms with Crippen molar-refractivity contribution in [3.8, 4) is 0 Å². The SMILES string of the molecule is CC[C@@H]1CC[C@H](N(C)C)C1. The van der Waals surface area contributed by atoms with E-state index >= 15 is 0 Å². The van der Waals surface area contributed by atoms with Crippen molar-refractivity contribution in [1.29, 1.82) is 0 Å². The van der Waals surface area contributed by atoms with E-state index in [4.69, 9.17) is 0 Å². The molecule has 0 N–H and O–H groups in total. The molecule has 0 heterocycles. The van der Waals surface area contributed by atoms with E-state index in [2.05, 4.69) is 25.9 Å². The molecular weight excluding hydrogens is 122 g/mol. The van der Waals surface area contributed by atoms with E-state index in [-0.39, 0.29) is 0 Å². The standard InChI is InChI=1S/C9H19N/c1-4-8-5-6-9(7-8)10(2)3/h8-9H,4-7H2,1-3H3/t8-,9+/m1/s1. The van der Waals surface area contributed by atoms with Crippen LogP contribution in [0.1, 0.15) is 32.6 Å². The minimum absolute atomic E-state index is 0.880. The molecule has 10 heavy (non-hydrogen) atoms. The van der Waals surface area contributed by atoms with Crippen molar-refractivity contribution < 1.29 is 0 Å².